The monoisotopic (exact) mass is 300 g/mol. The average Bonchev–Trinajstić information content (AvgIpc) is 2.92. The Morgan fingerprint density at radius 2 is 1.95 bits per heavy atom. The fourth-order valence-electron chi connectivity index (χ4n) is 2.79. The summed E-state index contributed by atoms with van der Waals surface area (Å²) in [6.07, 6.45) is -3.07. The molecule has 21 heavy (non-hydrogen) atoms. The summed E-state index contributed by atoms with van der Waals surface area (Å²) < 4.78 is 37.6. The Balaban J connectivity index is 1.85. The lowest BCUT2D eigenvalue weighted by Gasteiger charge is -2.18. The van der Waals surface area contributed by atoms with Crippen LogP contribution in [-0.2, 0) is 6.18 Å². The highest BCUT2D eigenvalue weighted by Crippen LogP contribution is 2.30. The van der Waals surface area contributed by atoms with Crippen LogP contribution in [0.25, 0.3) is 0 Å². The van der Waals surface area contributed by atoms with Crippen molar-refractivity contribution in [3.63, 3.8) is 0 Å². The van der Waals surface area contributed by atoms with Crippen LogP contribution in [0.5, 0.6) is 0 Å². The van der Waals surface area contributed by atoms with Crippen molar-refractivity contribution in [2.45, 2.75) is 32.5 Å². The van der Waals surface area contributed by atoms with Crippen LogP contribution < -0.4 is 5.32 Å². The lowest BCUT2D eigenvalue weighted by molar-refractivity contribution is -0.137. The van der Waals surface area contributed by atoms with Gasteiger partial charge >= 0.3 is 6.18 Å². The normalized spacial score (nSPS) is 21.7. The molecule has 1 saturated heterocycles. The molecule has 1 aliphatic rings. The Bertz CT molecular complexity index is 442. The van der Waals surface area contributed by atoms with Crippen molar-refractivity contribution in [1.82, 2.24) is 10.2 Å². The molecule has 1 aromatic carbocycles. The van der Waals surface area contributed by atoms with E-state index in [1.165, 1.54) is 6.42 Å². The highest BCUT2D eigenvalue weighted by Gasteiger charge is 2.30. The van der Waals surface area contributed by atoms with Crippen molar-refractivity contribution in [1.29, 1.82) is 0 Å². The van der Waals surface area contributed by atoms with Gasteiger partial charge in [-0.3, -0.25) is 0 Å². The Morgan fingerprint density at radius 3 is 2.48 bits per heavy atom. The third kappa shape index (κ3) is 4.45. The van der Waals surface area contributed by atoms with Gasteiger partial charge in [0.15, 0.2) is 0 Å². The summed E-state index contributed by atoms with van der Waals surface area (Å²) in [5.74, 6) is 0.641. The van der Waals surface area contributed by atoms with Crippen LogP contribution in [0.15, 0.2) is 24.3 Å². The second-order valence-electron chi connectivity index (χ2n) is 5.80. The van der Waals surface area contributed by atoms with Gasteiger partial charge in [-0.05, 0) is 56.6 Å². The van der Waals surface area contributed by atoms with E-state index in [1.54, 1.807) is 12.1 Å². The number of nitrogens with zero attached hydrogens (tertiary/aromatic N) is 1. The first kappa shape index (κ1) is 16.3. The number of hydrogen-bond donors (Lipinski definition) is 1. The van der Waals surface area contributed by atoms with Gasteiger partial charge in [-0.2, -0.15) is 13.2 Å². The van der Waals surface area contributed by atoms with Gasteiger partial charge in [-0.25, -0.2) is 0 Å². The summed E-state index contributed by atoms with van der Waals surface area (Å²) in [5.41, 5.74) is 0.307. The molecule has 0 radical (unpaired) electrons. The molecule has 0 bridgehead atoms. The topological polar surface area (TPSA) is 15.3 Å². The minimum Gasteiger partial charge on any atom is -0.310 e. The van der Waals surface area contributed by atoms with Gasteiger partial charge in [-0.1, -0.05) is 19.1 Å². The van der Waals surface area contributed by atoms with Crippen molar-refractivity contribution < 1.29 is 13.2 Å². The number of likely N-dealkylation sites (tertiary alicyclic amines) is 1. The van der Waals surface area contributed by atoms with Gasteiger partial charge in [0.2, 0.25) is 0 Å². The predicted octanol–water partition coefficient (Wildman–Crippen LogP) is 3.70. The number of alkyl halides is 3. The Morgan fingerprint density at radius 1 is 1.29 bits per heavy atom. The number of hydrogen-bond acceptors (Lipinski definition) is 2. The third-order valence-corrected chi connectivity index (χ3v) is 4.27. The summed E-state index contributed by atoms with van der Waals surface area (Å²) in [6.45, 7) is 8.43. The van der Waals surface area contributed by atoms with Crippen LogP contribution in [0.4, 0.5) is 13.2 Å². The SMILES string of the molecule is CCN1CCC(CNC(C)c2ccc(C(F)(F)F)cc2)C1. The molecule has 1 fully saturated rings. The standard InChI is InChI=1S/C16H23F3N2/c1-3-21-9-8-13(11-21)10-20-12(2)14-4-6-15(7-5-14)16(17,18)19/h4-7,12-13,20H,3,8-11H2,1-2H3. The second-order valence-corrected chi connectivity index (χ2v) is 5.80. The minimum atomic E-state index is -4.26. The fraction of sp³-hybridized carbons (Fsp3) is 0.625. The lowest BCUT2D eigenvalue weighted by Crippen LogP contribution is -2.28. The van der Waals surface area contributed by atoms with Crippen molar-refractivity contribution in [3.05, 3.63) is 35.4 Å². The maximum absolute atomic E-state index is 12.5. The van der Waals surface area contributed by atoms with Crippen LogP contribution in [-0.4, -0.2) is 31.1 Å². The number of halogens is 3. The molecule has 1 aromatic rings. The first-order valence-electron chi connectivity index (χ1n) is 7.53. The molecule has 2 nitrogen and oxygen atoms in total. The summed E-state index contributed by atoms with van der Waals surface area (Å²) in [6, 6.07) is 5.51. The van der Waals surface area contributed by atoms with E-state index in [-0.39, 0.29) is 6.04 Å². The zero-order valence-electron chi connectivity index (χ0n) is 12.6. The molecule has 0 amide bonds. The minimum absolute atomic E-state index is 0.0722. The molecule has 2 unspecified atom stereocenters. The molecule has 0 aromatic heterocycles. The Hall–Kier alpha value is -1.07. The molecule has 0 saturated carbocycles. The molecule has 118 valence electrons. The van der Waals surface area contributed by atoms with E-state index in [2.05, 4.69) is 17.1 Å². The van der Waals surface area contributed by atoms with E-state index in [0.717, 1.165) is 43.9 Å². The van der Waals surface area contributed by atoms with Gasteiger partial charge in [0.1, 0.15) is 0 Å². The predicted molar refractivity (Wildman–Crippen MR) is 78.1 cm³/mol. The second kappa shape index (κ2) is 6.79. The van der Waals surface area contributed by atoms with Crippen molar-refractivity contribution in [2.75, 3.05) is 26.2 Å². The quantitative estimate of drug-likeness (QED) is 0.892. The van der Waals surface area contributed by atoms with E-state index in [4.69, 9.17) is 0 Å². The Kier molecular flexibility index (Phi) is 5.27. The number of nitrogens with one attached hydrogen (secondary N) is 1. The van der Waals surface area contributed by atoms with Crippen LogP contribution in [0.2, 0.25) is 0 Å². The molecule has 0 spiro atoms. The van der Waals surface area contributed by atoms with E-state index in [0.29, 0.717) is 5.92 Å². The van der Waals surface area contributed by atoms with Crippen LogP contribution in [0.3, 0.4) is 0 Å². The number of benzene rings is 1. The van der Waals surface area contributed by atoms with E-state index < -0.39 is 11.7 Å². The molecular weight excluding hydrogens is 277 g/mol. The lowest BCUT2D eigenvalue weighted by atomic mass is 10.0. The van der Waals surface area contributed by atoms with Crippen molar-refractivity contribution >= 4 is 0 Å². The smallest absolute Gasteiger partial charge is 0.310 e. The van der Waals surface area contributed by atoms with Gasteiger partial charge in [0.25, 0.3) is 0 Å². The van der Waals surface area contributed by atoms with Crippen molar-refractivity contribution in [3.8, 4) is 0 Å². The first-order chi connectivity index (χ1) is 9.90. The maximum atomic E-state index is 12.5. The van der Waals surface area contributed by atoms with Crippen LogP contribution in [0.1, 0.15) is 37.4 Å². The van der Waals surface area contributed by atoms with Gasteiger partial charge in [0, 0.05) is 12.6 Å². The molecular formula is C16H23F3N2. The zero-order valence-corrected chi connectivity index (χ0v) is 12.6. The molecule has 5 heteroatoms. The molecule has 1 aliphatic heterocycles. The molecule has 1 N–H and O–H groups in total. The highest BCUT2D eigenvalue weighted by atomic mass is 19.4. The first-order valence-corrected chi connectivity index (χ1v) is 7.53. The molecule has 1 heterocycles. The van der Waals surface area contributed by atoms with E-state index in [1.807, 2.05) is 6.92 Å². The van der Waals surface area contributed by atoms with Gasteiger partial charge < -0.3 is 10.2 Å². The number of rotatable bonds is 5. The molecule has 0 aliphatic carbocycles. The third-order valence-electron chi connectivity index (χ3n) is 4.27. The molecule has 2 atom stereocenters. The van der Waals surface area contributed by atoms with Gasteiger partial charge in [-0.15, -0.1) is 0 Å². The highest BCUT2D eigenvalue weighted by molar-refractivity contribution is 5.26. The van der Waals surface area contributed by atoms with Crippen molar-refractivity contribution in [2.24, 2.45) is 5.92 Å². The largest absolute Gasteiger partial charge is 0.416 e. The summed E-state index contributed by atoms with van der Waals surface area (Å²) >= 11 is 0. The van der Waals surface area contributed by atoms with Crippen LogP contribution in [0, 0.1) is 5.92 Å². The fourth-order valence-corrected chi connectivity index (χ4v) is 2.79. The zero-order chi connectivity index (χ0) is 15.5. The van der Waals surface area contributed by atoms with E-state index in [9.17, 15) is 13.2 Å². The maximum Gasteiger partial charge on any atom is 0.416 e. The molecule has 2 rings (SSSR count). The van der Waals surface area contributed by atoms with Gasteiger partial charge in [0.05, 0.1) is 5.56 Å². The summed E-state index contributed by atoms with van der Waals surface area (Å²) in [5, 5.41) is 3.44. The van der Waals surface area contributed by atoms with E-state index >= 15 is 0 Å². The average molecular weight is 300 g/mol. The summed E-state index contributed by atoms with van der Waals surface area (Å²) in [4.78, 5) is 2.43. The van der Waals surface area contributed by atoms with Crippen LogP contribution >= 0.6 is 0 Å². The summed E-state index contributed by atoms with van der Waals surface area (Å²) in [7, 11) is 0. The Labute approximate surface area is 124 Å².